The van der Waals surface area contributed by atoms with Crippen LogP contribution in [0.25, 0.3) is 22.0 Å². The third kappa shape index (κ3) is 3.42. The van der Waals surface area contributed by atoms with Gasteiger partial charge in [0, 0.05) is 43.0 Å². The van der Waals surface area contributed by atoms with Crippen molar-refractivity contribution in [2.45, 2.75) is 18.8 Å². The summed E-state index contributed by atoms with van der Waals surface area (Å²) in [6.45, 7) is 0.848. The number of aromatic amines is 1. The predicted octanol–water partition coefficient (Wildman–Crippen LogP) is 3.39. The van der Waals surface area contributed by atoms with Gasteiger partial charge in [0.2, 0.25) is 0 Å². The molecule has 5 nitrogen and oxygen atoms in total. The van der Waals surface area contributed by atoms with E-state index in [1.807, 2.05) is 30.5 Å². The number of hydrogen-bond donors (Lipinski definition) is 1. The zero-order valence-corrected chi connectivity index (χ0v) is 13.8. The molecule has 3 heterocycles. The second kappa shape index (κ2) is 6.69. The van der Waals surface area contributed by atoms with Crippen LogP contribution in [-0.2, 0) is 11.3 Å². The van der Waals surface area contributed by atoms with E-state index in [2.05, 4.69) is 15.2 Å². The summed E-state index contributed by atoms with van der Waals surface area (Å²) in [7, 11) is 0. The van der Waals surface area contributed by atoms with Crippen molar-refractivity contribution in [3.8, 4) is 11.1 Å². The minimum absolute atomic E-state index is 0.0840. The first-order valence-corrected chi connectivity index (χ1v) is 8.28. The summed E-state index contributed by atoms with van der Waals surface area (Å²) >= 11 is 0. The van der Waals surface area contributed by atoms with Gasteiger partial charge in [-0.1, -0.05) is 12.1 Å². The SMILES string of the molecule is FC(F)(F)[C@H]1CN(Cc2ccc3c(-c4cn[nH]c4)ccnc3c2)CCO1. The van der Waals surface area contributed by atoms with Crippen molar-refractivity contribution in [2.75, 3.05) is 19.7 Å². The second-order valence-electron chi connectivity index (χ2n) is 6.33. The zero-order valence-electron chi connectivity index (χ0n) is 13.8. The molecular weight excluding hydrogens is 345 g/mol. The lowest BCUT2D eigenvalue weighted by molar-refractivity contribution is -0.237. The fourth-order valence-electron chi connectivity index (χ4n) is 3.24. The van der Waals surface area contributed by atoms with Crippen molar-refractivity contribution < 1.29 is 17.9 Å². The molecule has 1 fully saturated rings. The molecule has 8 heteroatoms. The predicted molar refractivity (Wildman–Crippen MR) is 90.4 cm³/mol. The first-order chi connectivity index (χ1) is 12.5. The Labute approximate surface area is 147 Å². The minimum atomic E-state index is -4.33. The highest BCUT2D eigenvalue weighted by atomic mass is 19.4. The van der Waals surface area contributed by atoms with E-state index in [0.717, 1.165) is 27.6 Å². The van der Waals surface area contributed by atoms with Crippen LogP contribution in [0.1, 0.15) is 5.56 Å². The van der Waals surface area contributed by atoms with Gasteiger partial charge in [-0.2, -0.15) is 18.3 Å². The average Bonchev–Trinajstić information content (AvgIpc) is 3.15. The Hall–Kier alpha value is -2.45. The van der Waals surface area contributed by atoms with E-state index < -0.39 is 12.3 Å². The normalized spacial score (nSPS) is 19.1. The fourth-order valence-corrected chi connectivity index (χ4v) is 3.24. The second-order valence-corrected chi connectivity index (χ2v) is 6.33. The third-order valence-corrected chi connectivity index (χ3v) is 4.54. The van der Waals surface area contributed by atoms with Crippen molar-refractivity contribution in [3.63, 3.8) is 0 Å². The molecule has 1 N–H and O–H groups in total. The average molecular weight is 362 g/mol. The van der Waals surface area contributed by atoms with Crippen LogP contribution >= 0.6 is 0 Å². The van der Waals surface area contributed by atoms with E-state index in [1.54, 1.807) is 17.3 Å². The van der Waals surface area contributed by atoms with Crippen molar-refractivity contribution in [2.24, 2.45) is 0 Å². The highest BCUT2D eigenvalue weighted by molar-refractivity contribution is 5.94. The van der Waals surface area contributed by atoms with E-state index in [0.29, 0.717) is 13.1 Å². The van der Waals surface area contributed by atoms with Gasteiger partial charge in [0.05, 0.1) is 18.3 Å². The first kappa shape index (κ1) is 17.0. The topological polar surface area (TPSA) is 54.0 Å². The lowest BCUT2D eigenvalue weighted by Gasteiger charge is -2.33. The number of benzene rings is 1. The van der Waals surface area contributed by atoms with Gasteiger partial charge in [0.15, 0.2) is 6.10 Å². The molecule has 1 saturated heterocycles. The van der Waals surface area contributed by atoms with Crippen LogP contribution in [0.4, 0.5) is 13.2 Å². The van der Waals surface area contributed by atoms with Gasteiger partial charge in [0.25, 0.3) is 0 Å². The molecule has 1 aliphatic heterocycles. The van der Waals surface area contributed by atoms with Gasteiger partial charge in [-0.15, -0.1) is 0 Å². The molecule has 4 rings (SSSR count). The highest BCUT2D eigenvalue weighted by Gasteiger charge is 2.43. The maximum Gasteiger partial charge on any atom is 0.415 e. The molecule has 1 aliphatic rings. The molecule has 0 spiro atoms. The Morgan fingerprint density at radius 3 is 2.92 bits per heavy atom. The van der Waals surface area contributed by atoms with Crippen molar-refractivity contribution >= 4 is 10.9 Å². The minimum Gasteiger partial charge on any atom is -0.366 e. The maximum absolute atomic E-state index is 12.9. The van der Waals surface area contributed by atoms with Crippen molar-refractivity contribution in [1.82, 2.24) is 20.1 Å². The lowest BCUT2D eigenvalue weighted by Crippen LogP contribution is -2.48. The molecule has 0 radical (unpaired) electrons. The molecule has 0 unspecified atom stereocenters. The van der Waals surface area contributed by atoms with E-state index in [-0.39, 0.29) is 13.2 Å². The van der Waals surface area contributed by atoms with Crippen LogP contribution in [0, 0.1) is 0 Å². The number of halogens is 3. The molecule has 136 valence electrons. The summed E-state index contributed by atoms with van der Waals surface area (Å²) in [5, 5.41) is 7.74. The van der Waals surface area contributed by atoms with Crippen LogP contribution in [-0.4, -0.2) is 52.1 Å². The number of aromatic nitrogens is 3. The molecule has 0 amide bonds. The molecule has 0 aliphatic carbocycles. The number of rotatable bonds is 3. The van der Waals surface area contributed by atoms with E-state index in [4.69, 9.17) is 4.74 Å². The Bertz CT molecular complexity index is 895. The first-order valence-electron chi connectivity index (χ1n) is 8.28. The number of nitrogens with one attached hydrogen (secondary N) is 1. The third-order valence-electron chi connectivity index (χ3n) is 4.54. The number of fused-ring (bicyclic) bond motifs is 1. The number of hydrogen-bond acceptors (Lipinski definition) is 4. The molecule has 1 aromatic carbocycles. The van der Waals surface area contributed by atoms with Gasteiger partial charge in [0.1, 0.15) is 0 Å². The maximum atomic E-state index is 12.9. The summed E-state index contributed by atoms with van der Waals surface area (Å²) < 4.78 is 43.5. The summed E-state index contributed by atoms with van der Waals surface area (Å²) in [6, 6.07) is 7.74. The van der Waals surface area contributed by atoms with E-state index in [9.17, 15) is 13.2 Å². The van der Waals surface area contributed by atoms with Crippen LogP contribution in [0.3, 0.4) is 0 Å². The molecule has 26 heavy (non-hydrogen) atoms. The monoisotopic (exact) mass is 362 g/mol. The number of pyridine rings is 1. The Morgan fingerprint density at radius 1 is 1.27 bits per heavy atom. The Morgan fingerprint density at radius 2 is 2.15 bits per heavy atom. The van der Waals surface area contributed by atoms with Crippen molar-refractivity contribution in [1.29, 1.82) is 0 Å². The number of H-pyrrole nitrogens is 1. The number of alkyl halides is 3. The standard InChI is InChI=1S/C18H17F3N4O/c19-18(20,21)17-11-25(5-6-26-17)10-12-1-2-15-14(13-8-23-24-9-13)3-4-22-16(15)7-12/h1-4,7-9,17H,5-6,10-11H2,(H,23,24)/t17-/m1/s1. The van der Waals surface area contributed by atoms with E-state index in [1.165, 1.54) is 0 Å². The Kier molecular flexibility index (Phi) is 4.37. The fraction of sp³-hybridized carbons (Fsp3) is 0.333. The molecular formula is C18H17F3N4O. The quantitative estimate of drug-likeness (QED) is 0.776. The summed E-state index contributed by atoms with van der Waals surface area (Å²) in [6.07, 6.45) is -0.768. The summed E-state index contributed by atoms with van der Waals surface area (Å²) in [5.41, 5.74) is 3.71. The van der Waals surface area contributed by atoms with Crippen LogP contribution in [0.5, 0.6) is 0 Å². The van der Waals surface area contributed by atoms with Crippen molar-refractivity contribution in [3.05, 3.63) is 48.4 Å². The number of ether oxygens (including phenoxy) is 1. The van der Waals surface area contributed by atoms with Gasteiger partial charge >= 0.3 is 6.18 Å². The van der Waals surface area contributed by atoms with Gasteiger partial charge < -0.3 is 4.74 Å². The zero-order chi connectivity index (χ0) is 18.1. The molecule has 1 atom stereocenters. The summed E-state index contributed by atoms with van der Waals surface area (Å²) in [5.74, 6) is 0. The molecule has 0 saturated carbocycles. The highest BCUT2D eigenvalue weighted by Crippen LogP contribution is 2.29. The molecule has 3 aromatic rings. The molecule has 0 bridgehead atoms. The van der Waals surface area contributed by atoms with Gasteiger partial charge in [-0.05, 0) is 23.3 Å². The van der Waals surface area contributed by atoms with Crippen LogP contribution in [0.2, 0.25) is 0 Å². The largest absolute Gasteiger partial charge is 0.415 e. The number of morpholine rings is 1. The van der Waals surface area contributed by atoms with Gasteiger partial charge in [-0.3, -0.25) is 15.0 Å². The summed E-state index contributed by atoms with van der Waals surface area (Å²) in [4.78, 5) is 6.17. The van der Waals surface area contributed by atoms with E-state index >= 15 is 0 Å². The number of nitrogens with zero attached hydrogens (tertiary/aromatic N) is 3. The smallest absolute Gasteiger partial charge is 0.366 e. The van der Waals surface area contributed by atoms with Crippen LogP contribution in [0.15, 0.2) is 42.9 Å². The Balaban J connectivity index is 1.57. The van der Waals surface area contributed by atoms with Crippen LogP contribution < -0.4 is 0 Å². The van der Waals surface area contributed by atoms with Gasteiger partial charge in [-0.25, -0.2) is 0 Å². The lowest BCUT2D eigenvalue weighted by atomic mass is 10.0. The molecule has 2 aromatic heterocycles.